The number of carbonyl (C=O) groups is 2. The minimum atomic E-state index is -0.911. The summed E-state index contributed by atoms with van der Waals surface area (Å²) >= 11 is 1.39. The second kappa shape index (κ2) is 6.39. The molecule has 6 heteroatoms. The molecule has 1 N–H and O–H groups in total. The maximum atomic E-state index is 12.2. The number of carboxylic acids is 1. The zero-order chi connectivity index (χ0) is 13.7. The largest absolute Gasteiger partial charge is 0.481 e. The average Bonchev–Trinajstić information content (AvgIpc) is 2.37. The molecular formula is C12H16N2O3S. The molecule has 0 saturated carbocycles. The molecule has 0 aliphatic heterocycles. The van der Waals surface area contributed by atoms with E-state index in [4.69, 9.17) is 5.11 Å². The molecule has 0 radical (unpaired) electrons. The van der Waals surface area contributed by atoms with E-state index < -0.39 is 11.9 Å². The summed E-state index contributed by atoms with van der Waals surface area (Å²) in [4.78, 5) is 28.5. The lowest BCUT2D eigenvalue weighted by Crippen LogP contribution is -2.34. The third kappa shape index (κ3) is 3.46. The molecule has 1 amide bonds. The molecule has 0 spiro atoms. The highest BCUT2D eigenvalue weighted by molar-refractivity contribution is 7.98. The quantitative estimate of drug-likeness (QED) is 0.821. The fourth-order valence-electron chi connectivity index (χ4n) is 1.49. The third-order valence-electron chi connectivity index (χ3n) is 2.51. The van der Waals surface area contributed by atoms with E-state index in [1.165, 1.54) is 16.7 Å². The number of hydrogen-bond acceptors (Lipinski definition) is 4. The van der Waals surface area contributed by atoms with Crippen molar-refractivity contribution in [2.45, 2.75) is 11.9 Å². The van der Waals surface area contributed by atoms with Gasteiger partial charge in [0.1, 0.15) is 5.03 Å². The van der Waals surface area contributed by atoms with Gasteiger partial charge in [0.05, 0.1) is 11.5 Å². The number of hydrogen-bond donors (Lipinski definition) is 1. The third-order valence-corrected chi connectivity index (χ3v) is 3.22. The second-order valence-corrected chi connectivity index (χ2v) is 4.78. The summed E-state index contributed by atoms with van der Waals surface area (Å²) in [5, 5.41) is 9.48. The van der Waals surface area contributed by atoms with Crippen LogP contribution >= 0.6 is 11.8 Å². The maximum absolute atomic E-state index is 12.2. The molecule has 0 saturated heterocycles. The summed E-state index contributed by atoms with van der Waals surface area (Å²) < 4.78 is 0. The Morgan fingerprint density at radius 3 is 2.78 bits per heavy atom. The maximum Gasteiger partial charge on any atom is 0.308 e. The molecule has 1 aromatic heterocycles. The van der Waals surface area contributed by atoms with Gasteiger partial charge in [-0.2, -0.15) is 0 Å². The Kier molecular flexibility index (Phi) is 5.15. The molecule has 0 bridgehead atoms. The van der Waals surface area contributed by atoms with Gasteiger partial charge in [0, 0.05) is 19.8 Å². The van der Waals surface area contributed by atoms with Crippen LogP contribution in [-0.4, -0.2) is 46.7 Å². The Morgan fingerprint density at radius 2 is 2.22 bits per heavy atom. The summed E-state index contributed by atoms with van der Waals surface area (Å²) in [6.45, 7) is 1.75. The first-order valence-corrected chi connectivity index (χ1v) is 6.67. The molecule has 0 fully saturated rings. The summed E-state index contributed by atoms with van der Waals surface area (Å²) in [5.74, 6) is -1.71. The van der Waals surface area contributed by atoms with E-state index in [1.807, 2.05) is 6.26 Å². The van der Waals surface area contributed by atoms with Crippen molar-refractivity contribution in [2.24, 2.45) is 5.92 Å². The predicted octanol–water partition coefficient (Wildman–Crippen LogP) is 1.60. The van der Waals surface area contributed by atoms with Gasteiger partial charge in [-0.1, -0.05) is 6.92 Å². The van der Waals surface area contributed by atoms with Gasteiger partial charge < -0.3 is 10.0 Å². The number of rotatable bonds is 5. The highest BCUT2D eigenvalue weighted by Crippen LogP contribution is 2.18. The molecule has 5 nitrogen and oxygen atoms in total. The van der Waals surface area contributed by atoms with Crippen molar-refractivity contribution in [1.29, 1.82) is 0 Å². The molecule has 1 atom stereocenters. The molecule has 0 aromatic carbocycles. The van der Waals surface area contributed by atoms with E-state index in [-0.39, 0.29) is 12.5 Å². The number of pyridine rings is 1. The van der Waals surface area contributed by atoms with Crippen LogP contribution < -0.4 is 0 Å². The molecule has 98 valence electrons. The van der Waals surface area contributed by atoms with E-state index in [0.717, 1.165) is 0 Å². The monoisotopic (exact) mass is 268 g/mol. The van der Waals surface area contributed by atoms with Crippen LogP contribution in [0, 0.1) is 5.92 Å². The number of amides is 1. The number of aliphatic carboxylic acids is 1. The zero-order valence-electron chi connectivity index (χ0n) is 10.6. The summed E-state index contributed by atoms with van der Waals surface area (Å²) in [5.41, 5.74) is 0.505. The van der Waals surface area contributed by atoms with Crippen molar-refractivity contribution in [3.8, 4) is 0 Å². The van der Waals surface area contributed by atoms with E-state index >= 15 is 0 Å². The smallest absolute Gasteiger partial charge is 0.308 e. The Bertz CT molecular complexity index is 451. The average molecular weight is 268 g/mol. The van der Waals surface area contributed by atoms with E-state index in [2.05, 4.69) is 4.98 Å². The molecule has 18 heavy (non-hydrogen) atoms. The zero-order valence-corrected chi connectivity index (χ0v) is 11.4. The van der Waals surface area contributed by atoms with Gasteiger partial charge in [-0.3, -0.25) is 9.59 Å². The van der Waals surface area contributed by atoms with Gasteiger partial charge in [0.2, 0.25) is 0 Å². The molecule has 0 aliphatic rings. The van der Waals surface area contributed by atoms with Crippen LogP contribution in [0.25, 0.3) is 0 Å². The SMILES string of the molecule is CSc1ncccc1C(=O)N(C)CC(C)C(=O)O. The lowest BCUT2D eigenvalue weighted by Gasteiger charge is -2.20. The van der Waals surface area contributed by atoms with Crippen LogP contribution in [0.2, 0.25) is 0 Å². The minimum Gasteiger partial charge on any atom is -0.481 e. The van der Waals surface area contributed by atoms with Crippen LogP contribution in [-0.2, 0) is 4.79 Å². The number of carboxylic acid groups (broad SMARTS) is 1. The molecule has 1 rings (SSSR count). The van der Waals surface area contributed by atoms with Crippen LogP contribution in [0.5, 0.6) is 0 Å². The van der Waals surface area contributed by atoms with Gasteiger partial charge in [0.15, 0.2) is 0 Å². The van der Waals surface area contributed by atoms with Crippen LogP contribution in [0.15, 0.2) is 23.4 Å². The van der Waals surface area contributed by atoms with Gasteiger partial charge in [0.25, 0.3) is 5.91 Å². The standard InChI is InChI=1S/C12H16N2O3S/c1-8(12(16)17)7-14(2)11(15)9-5-4-6-13-10(9)18-3/h4-6,8H,7H2,1-3H3,(H,16,17). The molecule has 1 unspecified atom stereocenters. The first-order valence-electron chi connectivity index (χ1n) is 5.44. The minimum absolute atomic E-state index is 0.177. The van der Waals surface area contributed by atoms with Gasteiger partial charge in [-0.25, -0.2) is 4.98 Å². The normalized spacial score (nSPS) is 11.9. The lowest BCUT2D eigenvalue weighted by atomic mass is 10.1. The number of carbonyl (C=O) groups excluding carboxylic acids is 1. The van der Waals surface area contributed by atoms with Crippen LogP contribution in [0.4, 0.5) is 0 Å². The van der Waals surface area contributed by atoms with Crippen molar-refractivity contribution in [3.05, 3.63) is 23.9 Å². The number of aromatic nitrogens is 1. The Labute approximate surface area is 110 Å². The van der Waals surface area contributed by atoms with Crippen LogP contribution in [0.3, 0.4) is 0 Å². The first kappa shape index (κ1) is 14.5. The topological polar surface area (TPSA) is 70.5 Å². The fraction of sp³-hybridized carbons (Fsp3) is 0.417. The summed E-state index contributed by atoms with van der Waals surface area (Å²) in [7, 11) is 1.60. The lowest BCUT2D eigenvalue weighted by molar-refractivity contribution is -0.141. The molecule has 0 aliphatic carbocycles. The van der Waals surface area contributed by atoms with Crippen molar-refractivity contribution in [3.63, 3.8) is 0 Å². The Balaban J connectivity index is 2.83. The predicted molar refractivity (Wildman–Crippen MR) is 69.8 cm³/mol. The fourth-order valence-corrected chi connectivity index (χ4v) is 2.04. The first-order chi connectivity index (χ1) is 8.47. The van der Waals surface area contributed by atoms with E-state index in [9.17, 15) is 9.59 Å². The van der Waals surface area contributed by atoms with Crippen molar-refractivity contribution < 1.29 is 14.7 Å². The Hall–Kier alpha value is -1.56. The van der Waals surface area contributed by atoms with Crippen LogP contribution in [0.1, 0.15) is 17.3 Å². The van der Waals surface area contributed by atoms with Crippen molar-refractivity contribution in [2.75, 3.05) is 19.8 Å². The Morgan fingerprint density at radius 1 is 1.56 bits per heavy atom. The second-order valence-electron chi connectivity index (χ2n) is 3.99. The van der Waals surface area contributed by atoms with Crippen molar-refractivity contribution in [1.82, 2.24) is 9.88 Å². The van der Waals surface area contributed by atoms with E-state index in [0.29, 0.717) is 10.6 Å². The van der Waals surface area contributed by atoms with Gasteiger partial charge >= 0.3 is 5.97 Å². The molecular weight excluding hydrogens is 252 g/mol. The summed E-state index contributed by atoms with van der Waals surface area (Å²) in [6.07, 6.45) is 3.47. The number of thioether (sulfide) groups is 1. The highest BCUT2D eigenvalue weighted by atomic mass is 32.2. The van der Waals surface area contributed by atoms with E-state index in [1.54, 1.807) is 32.3 Å². The number of nitrogens with zero attached hydrogens (tertiary/aromatic N) is 2. The molecule has 1 heterocycles. The van der Waals surface area contributed by atoms with Gasteiger partial charge in [-0.15, -0.1) is 11.8 Å². The highest BCUT2D eigenvalue weighted by Gasteiger charge is 2.20. The molecule has 1 aromatic rings. The van der Waals surface area contributed by atoms with Crippen molar-refractivity contribution >= 4 is 23.6 Å². The summed E-state index contributed by atoms with van der Waals surface area (Å²) in [6, 6.07) is 3.39. The van der Waals surface area contributed by atoms with Gasteiger partial charge in [-0.05, 0) is 18.4 Å².